The maximum atomic E-state index is 12.6. The van der Waals surface area contributed by atoms with Crippen molar-refractivity contribution in [3.63, 3.8) is 0 Å². The van der Waals surface area contributed by atoms with Crippen LogP contribution in [0.25, 0.3) is 0 Å². The summed E-state index contributed by atoms with van der Waals surface area (Å²) in [5.74, 6) is -3.65. The van der Waals surface area contributed by atoms with E-state index >= 15 is 0 Å². The van der Waals surface area contributed by atoms with Gasteiger partial charge in [-0.3, -0.25) is 19.2 Å². The Labute approximate surface area is 177 Å². The molecule has 0 rings (SSSR count). The Bertz CT molecular complexity index is 513. The molecule has 4 N–H and O–H groups in total. The van der Waals surface area contributed by atoms with E-state index in [2.05, 4.69) is 35.9 Å². The van der Waals surface area contributed by atoms with Crippen molar-refractivity contribution >= 4 is 48.9 Å². The fourth-order valence-electron chi connectivity index (χ4n) is 2.26. The summed E-state index contributed by atoms with van der Waals surface area (Å²) in [6, 6.07) is -2.30. The molecule has 12 heteroatoms. The smallest absolute Gasteiger partial charge is 0.313 e. The lowest BCUT2D eigenvalue weighted by Gasteiger charge is -2.34. The number of hydrogen-bond acceptors (Lipinski definition) is 8. The first-order valence-electron chi connectivity index (χ1n) is 8.75. The Morgan fingerprint density at radius 2 is 1.18 bits per heavy atom. The second kappa shape index (κ2) is 13.6. The molecule has 0 bridgehead atoms. The highest BCUT2D eigenvalue weighted by Gasteiger charge is 2.39. The Morgan fingerprint density at radius 1 is 0.821 bits per heavy atom. The number of nitrogens with one attached hydrogen (secondary N) is 2. The predicted molar refractivity (Wildman–Crippen MR) is 114 cm³/mol. The number of hydrogen-bond donors (Lipinski definition) is 5. The number of rotatable bonds is 12. The molecule has 0 aromatic rings. The first-order valence-corrected chi connectivity index (χ1v) is 10.0. The standard InChI is InChI=1S/C16H32N6O4S2/c1-20(2)7-5-18-14(24)11(9-27)22(16(26)13(17)23)12(10-28)15(25)19-6-8-21(3)4/h11-12,27-28H,5-10H2,1-4H3,(H2,17,23)(H,18,24)(H,19,25). The van der Waals surface area contributed by atoms with E-state index in [1.165, 1.54) is 0 Å². The van der Waals surface area contributed by atoms with Crippen LogP contribution in [0.3, 0.4) is 0 Å². The van der Waals surface area contributed by atoms with Crippen LogP contribution in [0.1, 0.15) is 0 Å². The molecule has 0 aromatic carbocycles. The van der Waals surface area contributed by atoms with Crippen LogP contribution < -0.4 is 16.4 Å². The van der Waals surface area contributed by atoms with E-state index in [0.29, 0.717) is 26.2 Å². The summed E-state index contributed by atoms with van der Waals surface area (Å²) in [6.07, 6.45) is 0. The highest BCUT2D eigenvalue weighted by Crippen LogP contribution is 2.12. The molecular formula is C16H32N6O4S2. The van der Waals surface area contributed by atoms with Crippen LogP contribution in [0, 0.1) is 0 Å². The fraction of sp³-hybridized carbons (Fsp3) is 0.750. The highest BCUT2D eigenvalue weighted by molar-refractivity contribution is 7.80. The molecule has 0 aromatic heterocycles. The molecule has 0 aliphatic heterocycles. The average molecular weight is 437 g/mol. The van der Waals surface area contributed by atoms with Gasteiger partial charge in [-0.25, -0.2) is 0 Å². The molecule has 0 saturated heterocycles. The summed E-state index contributed by atoms with van der Waals surface area (Å²) in [6.45, 7) is 1.82. The number of primary amides is 1. The molecule has 2 unspecified atom stereocenters. The van der Waals surface area contributed by atoms with Crippen LogP contribution in [0.2, 0.25) is 0 Å². The number of likely N-dealkylation sites (N-methyl/N-ethyl adjacent to an activating group) is 2. The zero-order valence-corrected chi connectivity index (χ0v) is 18.6. The lowest BCUT2D eigenvalue weighted by molar-refractivity contribution is -0.152. The largest absolute Gasteiger partial charge is 0.361 e. The fourth-order valence-corrected chi connectivity index (χ4v) is 2.95. The predicted octanol–water partition coefficient (Wildman–Crippen LogP) is -2.75. The molecule has 0 heterocycles. The number of nitrogens with two attached hydrogens (primary N) is 1. The van der Waals surface area contributed by atoms with Crippen LogP contribution in [-0.4, -0.2) is 116 Å². The monoisotopic (exact) mass is 436 g/mol. The summed E-state index contributed by atoms with van der Waals surface area (Å²) in [7, 11) is 7.39. The topological polar surface area (TPSA) is 128 Å². The molecule has 0 fully saturated rings. The third-order valence-corrected chi connectivity index (χ3v) is 4.48. The molecule has 0 saturated carbocycles. The number of amides is 4. The summed E-state index contributed by atoms with van der Waals surface area (Å²) in [5, 5.41) is 5.35. The van der Waals surface area contributed by atoms with E-state index in [1.54, 1.807) is 0 Å². The van der Waals surface area contributed by atoms with Gasteiger partial charge >= 0.3 is 11.8 Å². The lowest BCUT2D eigenvalue weighted by atomic mass is 10.1. The normalized spacial score (nSPS) is 13.1. The van der Waals surface area contributed by atoms with Gasteiger partial charge in [0, 0.05) is 37.7 Å². The van der Waals surface area contributed by atoms with Gasteiger partial charge in [-0.15, -0.1) is 0 Å². The van der Waals surface area contributed by atoms with Crippen molar-refractivity contribution in [2.24, 2.45) is 5.73 Å². The minimum absolute atomic E-state index is 0.0952. The van der Waals surface area contributed by atoms with Gasteiger partial charge in [0.2, 0.25) is 11.8 Å². The van der Waals surface area contributed by atoms with Gasteiger partial charge in [0.25, 0.3) is 0 Å². The van der Waals surface area contributed by atoms with Gasteiger partial charge in [0.1, 0.15) is 12.1 Å². The van der Waals surface area contributed by atoms with E-state index in [0.717, 1.165) is 4.90 Å². The molecule has 28 heavy (non-hydrogen) atoms. The van der Waals surface area contributed by atoms with Gasteiger partial charge in [-0.2, -0.15) is 25.3 Å². The van der Waals surface area contributed by atoms with E-state index < -0.39 is 35.7 Å². The SMILES string of the molecule is CN(C)CCNC(=O)C(CS)N(C(=O)C(N)=O)C(CS)C(=O)NCCN(C)C. The molecule has 0 aliphatic rings. The van der Waals surface area contributed by atoms with Gasteiger partial charge < -0.3 is 31.1 Å². The van der Waals surface area contributed by atoms with Crippen molar-refractivity contribution in [3.05, 3.63) is 0 Å². The van der Waals surface area contributed by atoms with E-state index in [1.807, 2.05) is 38.0 Å². The molecule has 4 amide bonds. The van der Waals surface area contributed by atoms with Crippen molar-refractivity contribution < 1.29 is 19.2 Å². The molecular weight excluding hydrogens is 404 g/mol. The van der Waals surface area contributed by atoms with Crippen molar-refractivity contribution in [1.82, 2.24) is 25.3 Å². The van der Waals surface area contributed by atoms with Gasteiger partial charge in [-0.1, -0.05) is 0 Å². The number of thiol groups is 2. The van der Waals surface area contributed by atoms with Gasteiger partial charge in [0.05, 0.1) is 0 Å². The third-order valence-electron chi connectivity index (χ3n) is 3.78. The molecule has 0 radical (unpaired) electrons. The molecule has 0 spiro atoms. The molecule has 162 valence electrons. The zero-order valence-electron chi connectivity index (χ0n) is 16.8. The molecule has 2 atom stereocenters. The minimum atomic E-state index is -1.26. The van der Waals surface area contributed by atoms with Crippen LogP contribution in [-0.2, 0) is 19.2 Å². The number of carbonyl (C=O) groups is 4. The number of carbonyl (C=O) groups excluding carboxylic acids is 4. The Kier molecular flexibility index (Phi) is 12.9. The highest BCUT2D eigenvalue weighted by atomic mass is 32.1. The van der Waals surface area contributed by atoms with Crippen molar-refractivity contribution in [1.29, 1.82) is 0 Å². The van der Waals surface area contributed by atoms with Crippen LogP contribution in [0.15, 0.2) is 0 Å². The zero-order chi connectivity index (χ0) is 21.9. The van der Waals surface area contributed by atoms with E-state index in [-0.39, 0.29) is 11.5 Å². The van der Waals surface area contributed by atoms with E-state index in [9.17, 15) is 19.2 Å². The van der Waals surface area contributed by atoms with Gasteiger partial charge in [0.15, 0.2) is 0 Å². The first-order chi connectivity index (χ1) is 13.1. The Morgan fingerprint density at radius 3 is 1.43 bits per heavy atom. The lowest BCUT2D eigenvalue weighted by Crippen LogP contribution is -2.62. The quantitative estimate of drug-likeness (QED) is 0.167. The van der Waals surface area contributed by atoms with Crippen LogP contribution in [0.5, 0.6) is 0 Å². The summed E-state index contributed by atoms with van der Waals surface area (Å²) in [5.41, 5.74) is 5.15. The molecule has 0 aliphatic carbocycles. The van der Waals surface area contributed by atoms with Crippen molar-refractivity contribution in [2.45, 2.75) is 12.1 Å². The summed E-state index contributed by atoms with van der Waals surface area (Å²) < 4.78 is 0. The first kappa shape index (κ1) is 26.5. The second-order valence-electron chi connectivity index (χ2n) is 6.66. The van der Waals surface area contributed by atoms with Crippen LogP contribution in [0.4, 0.5) is 0 Å². The third kappa shape index (κ3) is 9.13. The second-order valence-corrected chi connectivity index (χ2v) is 7.39. The maximum absolute atomic E-state index is 12.6. The Hall–Kier alpha value is -1.50. The average Bonchev–Trinajstić information content (AvgIpc) is 2.60. The van der Waals surface area contributed by atoms with Gasteiger partial charge in [-0.05, 0) is 28.2 Å². The summed E-state index contributed by atoms with van der Waals surface area (Å²) in [4.78, 5) is 53.7. The minimum Gasteiger partial charge on any atom is -0.361 e. The van der Waals surface area contributed by atoms with E-state index in [4.69, 9.17) is 5.73 Å². The number of nitrogens with zero attached hydrogens (tertiary/aromatic N) is 3. The van der Waals surface area contributed by atoms with Crippen molar-refractivity contribution in [2.75, 3.05) is 65.9 Å². The summed E-state index contributed by atoms with van der Waals surface area (Å²) >= 11 is 8.28. The van der Waals surface area contributed by atoms with Crippen molar-refractivity contribution in [3.8, 4) is 0 Å². The Balaban J connectivity index is 5.49. The van der Waals surface area contributed by atoms with Crippen LogP contribution >= 0.6 is 25.3 Å². The maximum Gasteiger partial charge on any atom is 0.313 e. The molecule has 10 nitrogen and oxygen atoms in total.